The lowest BCUT2D eigenvalue weighted by Gasteiger charge is -2.01. The number of aromatic hydroxyl groups is 1. The van der Waals surface area contributed by atoms with Gasteiger partial charge in [0, 0.05) is 11.6 Å². The minimum absolute atomic E-state index is 0.0236. The Bertz CT molecular complexity index is 526. The molecule has 1 amide bonds. The maximum absolute atomic E-state index is 10.6. The van der Waals surface area contributed by atoms with E-state index in [2.05, 4.69) is 22.7 Å². The molecule has 0 heterocycles. The Morgan fingerprint density at radius 3 is 2.78 bits per heavy atom. The molecule has 6 N–H and O–H groups in total. The van der Waals surface area contributed by atoms with Crippen LogP contribution in [0.5, 0.6) is 5.75 Å². The Morgan fingerprint density at radius 2 is 2.17 bits per heavy atom. The molecule has 0 radical (unpaired) electrons. The van der Waals surface area contributed by atoms with Gasteiger partial charge in [0.25, 0.3) is 0 Å². The van der Waals surface area contributed by atoms with Crippen LogP contribution in [-0.2, 0) is 4.79 Å². The summed E-state index contributed by atoms with van der Waals surface area (Å²) < 4.78 is 0. The lowest BCUT2D eigenvalue weighted by molar-refractivity contribution is -0.113. The van der Waals surface area contributed by atoms with Crippen LogP contribution >= 0.6 is 12.2 Å². The van der Waals surface area contributed by atoms with Gasteiger partial charge in [-0.2, -0.15) is 5.10 Å². The van der Waals surface area contributed by atoms with Gasteiger partial charge in [-0.15, -0.1) is 0 Å². The Morgan fingerprint density at radius 1 is 1.44 bits per heavy atom. The second-order valence-corrected chi connectivity index (χ2v) is 3.73. The van der Waals surface area contributed by atoms with Crippen LogP contribution in [0.4, 0.5) is 0 Å². The molecule has 94 valence electrons. The third-order valence-electron chi connectivity index (χ3n) is 1.87. The molecule has 1 aromatic rings. The van der Waals surface area contributed by atoms with Gasteiger partial charge in [0.05, 0.1) is 6.21 Å². The topological polar surface area (TPSA) is 114 Å². The van der Waals surface area contributed by atoms with E-state index < -0.39 is 5.91 Å². The van der Waals surface area contributed by atoms with Crippen molar-refractivity contribution in [2.45, 2.75) is 0 Å². The van der Waals surface area contributed by atoms with Crippen LogP contribution in [0.25, 0.3) is 6.08 Å². The zero-order valence-corrected chi connectivity index (χ0v) is 10.1. The predicted octanol–water partition coefficient (Wildman–Crippen LogP) is 0.0578. The first-order valence-corrected chi connectivity index (χ1v) is 5.29. The van der Waals surface area contributed by atoms with Crippen LogP contribution in [0.3, 0.4) is 0 Å². The van der Waals surface area contributed by atoms with E-state index in [0.29, 0.717) is 11.1 Å². The van der Waals surface area contributed by atoms with Gasteiger partial charge < -0.3 is 16.6 Å². The molecule has 0 aliphatic heterocycles. The molecule has 0 fully saturated rings. The number of phenols is 1. The SMILES string of the molecule is NC(=O)C=Cc1ccc(O)c(C=NNC(N)=S)c1. The van der Waals surface area contributed by atoms with Gasteiger partial charge in [0.2, 0.25) is 5.91 Å². The Balaban J connectivity index is 2.90. The molecule has 1 rings (SSSR count). The normalized spacial score (nSPS) is 10.9. The van der Waals surface area contributed by atoms with E-state index in [0.717, 1.165) is 0 Å². The third-order valence-corrected chi connectivity index (χ3v) is 1.96. The summed E-state index contributed by atoms with van der Waals surface area (Å²) in [4.78, 5) is 10.6. The van der Waals surface area contributed by atoms with Crippen LogP contribution in [0.1, 0.15) is 11.1 Å². The van der Waals surface area contributed by atoms with E-state index in [1.165, 1.54) is 24.4 Å². The fraction of sp³-hybridized carbons (Fsp3) is 0. The highest BCUT2D eigenvalue weighted by Gasteiger charge is 1.99. The highest BCUT2D eigenvalue weighted by Crippen LogP contribution is 2.17. The van der Waals surface area contributed by atoms with E-state index >= 15 is 0 Å². The smallest absolute Gasteiger partial charge is 0.241 e. The molecule has 0 aromatic heterocycles. The second kappa shape index (κ2) is 6.36. The van der Waals surface area contributed by atoms with Crippen molar-refractivity contribution >= 4 is 35.5 Å². The highest BCUT2D eigenvalue weighted by molar-refractivity contribution is 7.80. The fourth-order valence-corrected chi connectivity index (χ4v) is 1.18. The maximum Gasteiger partial charge on any atom is 0.241 e. The number of carbonyl (C=O) groups excluding carboxylic acids is 1. The first kappa shape index (κ1) is 13.7. The quantitative estimate of drug-likeness (QED) is 0.266. The van der Waals surface area contributed by atoms with Crippen molar-refractivity contribution in [3.63, 3.8) is 0 Å². The number of benzene rings is 1. The van der Waals surface area contributed by atoms with Gasteiger partial charge in [-0.1, -0.05) is 6.07 Å². The van der Waals surface area contributed by atoms with Crippen LogP contribution in [0.2, 0.25) is 0 Å². The van der Waals surface area contributed by atoms with E-state index in [1.54, 1.807) is 12.1 Å². The number of rotatable bonds is 4. The van der Waals surface area contributed by atoms with Crippen LogP contribution in [0.15, 0.2) is 29.4 Å². The summed E-state index contributed by atoms with van der Waals surface area (Å²) in [5, 5.41) is 13.3. The van der Waals surface area contributed by atoms with E-state index in [4.69, 9.17) is 11.5 Å². The van der Waals surface area contributed by atoms with Crippen molar-refractivity contribution in [3.05, 3.63) is 35.4 Å². The minimum Gasteiger partial charge on any atom is -0.507 e. The lowest BCUT2D eigenvalue weighted by atomic mass is 10.1. The summed E-state index contributed by atoms with van der Waals surface area (Å²) in [6.07, 6.45) is 4.11. The van der Waals surface area contributed by atoms with Crippen molar-refractivity contribution in [3.8, 4) is 5.75 Å². The monoisotopic (exact) mass is 264 g/mol. The van der Waals surface area contributed by atoms with E-state index in [1.807, 2.05) is 0 Å². The molecule has 18 heavy (non-hydrogen) atoms. The van der Waals surface area contributed by atoms with Crippen molar-refractivity contribution in [2.24, 2.45) is 16.6 Å². The zero-order chi connectivity index (χ0) is 13.5. The van der Waals surface area contributed by atoms with Crippen molar-refractivity contribution in [1.29, 1.82) is 0 Å². The predicted molar refractivity (Wildman–Crippen MR) is 73.9 cm³/mol. The first-order chi connectivity index (χ1) is 8.49. The number of nitrogens with zero attached hydrogens (tertiary/aromatic N) is 1. The number of amides is 1. The van der Waals surface area contributed by atoms with Gasteiger partial charge >= 0.3 is 0 Å². The molecule has 0 bridgehead atoms. The largest absolute Gasteiger partial charge is 0.507 e. The summed E-state index contributed by atoms with van der Waals surface area (Å²) >= 11 is 4.57. The highest BCUT2D eigenvalue weighted by atomic mass is 32.1. The third kappa shape index (κ3) is 4.62. The van der Waals surface area contributed by atoms with E-state index in [9.17, 15) is 9.90 Å². The number of nitrogens with two attached hydrogens (primary N) is 2. The molecule has 0 atom stereocenters. The van der Waals surface area contributed by atoms with Gasteiger partial charge in [-0.3, -0.25) is 10.2 Å². The van der Waals surface area contributed by atoms with Crippen molar-refractivity contribution in [1.82, 2.24) is 5.43 Å². The van der Waals surface area contributed by atoms with E-state index in [-0.39, 0.29) is 10.9 Å². The standard InChI is InChI=1S/C11H12N4O2S/c12-10(17)4-2-7-1-3-9(16)8(5-7)6-14-15-11(13)18/h1-6,16H,(H2,12,17)(H3,13,15,18). The Hall–Kier alpha value is -2.41. The number of thiocarbonyl (C=S) groups is 1. The zero-order valence-electron chi connectivity index (χ0n) is 9.33. The minimum atomic E-state index is -0.548. The maximum atomic E-state index is 10.6. The summed E-state index contributed by atoms with van der Waals surface area (Å²) in [5.41, 5.74) is 13.7. The average Bonchev–Trinajstić information content (AvgIpc) is 2.29. The molecule has 6 nitrogen and oxygen atoms in total. The number of phenolic OH excluding ortho intramolecular Hbond substituents is 1. The summed E-state index contributed by atoms with van der Waals surface area (Å²) in [6.45, 7) is 0. The summed E-state index contributed by atoms with van der Waals surface area (Å²) in [6, 6.07) is 4.73. The molecule has 0 saturated heterocycles. The molecule has 7 heteroatoms. The Kier molecular flexibility index (Phi) is 4.82. The molecule has 0 aliphatic rings. The number of primary amides is 1. The second-order valence-electron chi connectivity index (χ2n) is 3.29. The van der Waals surface area contributed by atoms with Gasteiger partial charge in [0.15, 0.2) is 5.11 Å². The average molecular weight is 264 g/mol. The number of nitrogens with one attached hydrogen (secondary N) is 1. The molecule has 0 spiro atoms. The number of hydrogen-bond acceptors (Lipinski definition) is 4. The van der Waals surface area contributed by atoms with Crippen molar-refractivity contribution < 1.29 is 9.90 Å². The summed E-state index contributed by atoms with van der Waals surface area (Å²) in [5.74, 6) is -0.506. The molecule has 0 aliphatic carbocycles. The molecule has 0 saturated carbocycles. The molecular formula is C11H12N4O2S. The number of hydrazone groups is 1. The Labute approximate surface area is 109 Å². The molecule has 0 unspecified atom stereocenters. The van der Waals surface area contributed by atoms with Gasteiger partial charge in [-0.25, -0.2) is 0 Å². The number of carbonyl (C=O) groups is 1. The van der Waals surface area contributed by atoms with Gasteiger partial charge in [-0.05, 0) is 36.0 Å². The van der Waals surface area contributed by atoms with Crippen LogP contribution in [-0.4, -0.2) is 22.3 Å². The van der Waals surface area contributed by atoms with Gasteiger partial charge in [0.1, 0.15) is 5.75 Å². The summed E-state index contributed by atoms with van der Waals surface area (Å²) in [7, 11) is 0. The van der Waals surface area contributed by atoms with Crippen LogP contribution in [0, 0.1) is 0 Å². The first-order valence-electron chi connectivity index (χ1n) is 4.88. The molecule has 1 aromatic carbocycles. The fourth-order valence-electron chi connectivity index (χ4n) is 1.12. The lowest BCUT2D eigenvalue weighted by Crippen LogP contribution is -2.23. The van der Waals surface area contributed by atoms with Crippen LogP contribution < -0.4 is 16.9 Å². The van der Waals surface area contributed by atoms with Crippen molar-refractivity contribution in [2.75, 3.05) is 0 Å². The molecular weight excluding hydrogens is 252 g/mol. The number of hydrogen-bond donors (Lipinski definition) is 4.